The van der Waals surface area contributed by atoms with Crippen molar-refractivity contribution in [3.8, 4) is 0 Å². The molecule has 0 amide bonds. The Morgan fingerprint density at radius 2 is 0.900 bits per heavy atom. The van der Waals surface area contributed by atoms with Crippen molar-refractivity contribution in [3.63, 3.8) is 0 Å². The molecule has 0 N–H and O–H groups in total. The minimum Gasteiger partial charge on any atom is -0.307 e. The van der Waals surface area contributed by atoms with Gasteiger partial charge in [0.25, 0.3) is 0 Å². The van der Waals surface area contributed by atoms with Gasteiger partial charge in [-0.2, -0.15) is 0 Å². The van der Waals surface area contributed by atoms with Gasteiger partial charge in [0.15, 0.2) is 0 Å². The molecule has 124 valence electrons. The molecule has 0 heterocycles. The van der Waals surface area contributed by atoms with E-state index in [0.717, 1.165) is 0 Å². The molecule has 0 atom stereocenters. The van der Waals surface area contributed by atoms with Gasteiger partial charge in [-0.1, -0.05) is 90.9 Å². The zero-order valence-electron chi connectivity index (χ0n) is 14.5. The summed E-state index contributed by atoms with van der Waals surface area (Å²) >= 11 is 0. The van der Waals surface area contributed by atoms with Crippen LogP contribution in [0.25, 0.3) is 0 Å². The average molecular weight is 306 g/mol. The van der Waals surface area contributed by atoms with Crippen LogP contribution < -0.4 is 0 Å². The molecule has 0 aliphatic carbocycles. The maximum atomic E-state index is 2.42. The molecule has 0 aromatic heterocycles. The summed E-state index contributed by atoms with van der Waals surface area (Å²) in [6.45, 7) is 7.01. The highest BCUT2D eigenvalue weighted by Crippen LogP contribution is 2.12. The molecule has 0 aliphatic rings. The third-order valence-electron chi connectivity index (χ3n) is 4.18. The van der Waals surface area contributed by atoms with Crippen molar-refractivity contribution >= 4 is 12.4 Å². The third kappa shape index (κ3) is 18.2. The molecule has 0 unspecified atom stereocenters. The first kappa shape index (κ1) is 22.5. The Bertz CT molecular complexity index is 161. The van der Waals surface area contributed by atoms with Crippen LogP contribution in [0, 0.1) is 0 Å². The van der Waals surface area contributed by atoms with Crippen LogP contribution in [0.4, 0.5) is 0 Å². The van der Waals surface area contributed by atoms with Crippen LogP contribution in [0.2, 0.25) is 0 Å². The molecular formula is C18H40ClN. The number of nitrogens with zero attached hydrogens (tertiary/aromatic N) is 1. The summed E-state index contributed by atoms with van der Waals surface area (Å²) in [7, 11) is 2.22. The van der Waals surface area contributed by atoms with E-state index in [9.17, 15) is 0 Å². The first-order valence-corrected chi connectivity index (χ1v) is 8.99. The van der Waals surface area contributed by atoms with Gasteiger partial charge < -0.3 is 4.90 Å². The lowest BCUT2D eigenvalue weighted by Crippen LogP contribution is -2.18. The van der Waals surface area contributed by atoms with Crippen LogP contribution in [0.15, 0.2) is 0 Å². The minimum atomic E-state index is 0. The van der Waals surface area contributed by atoms with Gasteiger partial charge in [0, 0.05) is 0 Å². The normalized spacial score (nSPS) is 10.8. The standard InChI is InChI=1S/C18H39N.ClH/c1-4-6-7-8-9-10-11-12-13-14-15-16-17-18-19(3)5-2;/h4-18H2,1-3H3;1H. The van der Waals surface area contributed by atoms with Gasteiger partial charge in [-0.05, 0) is 26.6 Å². The van der Waals surface area contributed by atoms with Crippen LogP contribution in [-0.4, -0.2) is 25.0 Å². The minimum absolute atomic E-state index is 0. The molecule has 0 aromatic carbocycles. The Labute approximate surface area is 135 Å². The van der Waals surface area contributed by atoms with E-state index in [0.29, 0.717) is 0 Å². The van der Waals surface area contributed by atoms with Gasteiger partial charge in [-0.3, -0.25) is 0 Å². The van der Waals surface area contributed by atoms with Crippen LogP contribution in [0.5, 0.6) is 0 Å². The van der Waals surface area contributed by atoms with Crippen molar-refractivity contribution < 1.29 is 0 Å². The monoisotopic (exact) mass is 305 g/mol. The quantitative estimate of drug-likeness (QED) is 0.314. The maximum absolute atomic E-state index is 2.42. The summed E-state index contributed by atoms with van der Waals surface area (Å²) in [5.74, 6) is 0. The van der Waals surface area contributed by atoms with Crippen molar-refractivity contribution in [2.75, 3.05) is 20.1 Å². The molecule has 1 nitrogen and oxygen atoms in total. The Kier molecular flexibility index (Phi) is 21.7. The summed E-state index contributed by atoms with van der Waals surface area (Å²) in [6.07, 6.45) is 18.9. The molecule has 2 heteroatoms. The Hall–Kier alpha value is 0.250. The molecule has 0 aromatic rings. The second-order valence-corrected chi connectivity index (χ2v) is 6.14. The highest BCUT2D eigenvalue weighted by molar-refractivity contribution is 5.85. The summed E-state index contributed by atoms with van der Waals surface area (Å²) < 4.78 is 0. The smallest absolute Gasteiger partial charge is 0.00219 e. The molecular weight excluding hydrogens is 266 g/mol. The number of halogens is 1. The van der Waals surface area contributed by atoms with E-state index >= 15 is 0 Å². The molecule has 0 bridgehead atoms. The van der Waals surface area contributed by atoms with E-state index in [1.54, 1.807) is 0 Å². The van der Waals surface area contributed by atoms with Crippen molar-refractivity contribution in [2.45, 2.75) is 97.3 Å². The number of hydrogen-bond acceptors (Lipinski definition) is 1. The summed E-state index contributed by atoms with van der Waals surface area (Å²) in [6, 6.07) is 0. The maximum Gasteiger partial charge on any atom is -0.00219 e. The predicted molar refractivity (Wildman–Crippen MR) is 96.1 cm³/mol. The van der Waals surface area contributed by atoms with E-state index in [4.69, 9.17) is 0 Å². The van der Waals surface area contributed by atoms with Gasteiger partial charge in [-0.25, -0.2) is 0 Å². The summed E-state index contributed by atoms with van der Waals surface area (Å²) in [5.41, 5.74) is 0. The van der Waals surface area contributed by atoms with Crippen LogP contribution in [0.1, 0.15) is 97.3 Å². The lowest BCUT2D eigenvalue weighted by atomic mass is 10.0. The number of rotatable bonds is 15. The Morgan fingerprint density at radius 1 is 0.550 bits per heavy atom. The molecule has 0 saturated heterocycles. The topological polar surface area (TPSA) is 3.24 Å². The molecule has 0 aliphatic heterocycles. The fourth-order valence-electron chi connectivity index (χ4n) is 2.56. The van der Waals surface area contributed by atoms with Gasteiger partial charge in [0.1, 0.15) is 0 Å². The second kappa shape index (κ2) is 19.2. The van der Waals surface area contributed by atoms with Crippen molar-refractivity contribution in [1.29, 1.82) is 0 Å². The molecule has 0 spiro atoms. The molecule has 0 fully saturated rings. The molecule has 20 heavy (non-hydrogen) atoms. The average Bonchev–Trinajstić information content (AvgIpc) is 2.43. The highest BCUT2D eigenvalue weighted by atomic mass is 35.5. The number of unbranched alkanes of at least 4 members (excludes halogenated alkanes) is 12. The predicted octanol–water partition coefficient (Wildman–Crippen LogP) is 6.45. The van der Waals surface area contributed by atoms with Crippen molar-refractivity contribution in [3.05, 3.63) is 0 Å². The third-order valence-corrected chi connectivity index (χ3v) is 4.18. The largest absolute Gasteiger partial charge is 0.307 e. The lowest BCUT2D eigenvalue weighted by molar-refractivity contribution is 0.340. The fourth-order valence-corrected chi connectivity index (χ4v) is 2.56. The van der Waals surface area contributed by atoms with Crippen molar-refractivity contribution in [1.82, 2.24) is 4.90 Å². The fraction of sp³-hybridized carbons (Fsp3) is 1.00. The summed E-state index contributed by atoms with van der Waals surface area (Å²) in [5, 5.41) is 0. The van der Waals surface area contributed by atoms with Crippen LogP contribution in [-0.2, 0) is 0 Å². The van der Waals surface area contributed by atoms with E-state index in [1.165, 1.54) is 96.6 Å². The molecule has 0 radical (unpaired) electrons. The zero-order chi connectivity index (χ0) is 14.2. The van der Waals surface area contributed by atoms with Crippen LogP contribution >= 0.6 is 12.4 Å². The SMILES string of the molecule is CCCCCCCCCCCCCCCN(C)CC.Cl. The Balaban J connectivity index is 0. The van der Waals surface area contributed by atoms with E-state index in [-0.39, 0.29) is 12.4 Å². The van der Waals surface area contributed by atoms with Gasteiger partial charge >= 0.3 is 0 Å². The van der Waals surface area contributed by atoms with E-state index in [2.05, 4.69) is 25.8 Å². The van der Waals surface area contributed by atoms with Gasteiger partial charge in [-0.15, -0.1) is 12.4 Å². The highest BCUT2D eigenvalue weighted by Gasteiger charge is 1.95. The van der Waals surface area contributed by atoms with Gasteiger partial charge in [0.05, 0.1) is 0 Å². The number of hydrogen-bond donors (Lipinski definition) is 0. The van der Waals surface area contributed by atoms with E-state index < -0.39 is 0 Å². The zero-order valence-corrected chi connectivity index (χ0v) is 15.3. The summed E-state index contributed by atoms with van der Waals surface area (Å²) in [4.78, 5) is 2.42. The first-order chi connectivity index (χ1) is 9.31. The van der Waals surface area contributed by atoms with Gasteiger partial charge in [0.2, 0.25) is 0 Å². The Morgan fingerprint density at radius 3 is 1.25 bits per heavy atom. The van der Waals surface area contributed by atoms with Crippen molar-refractivity contribution in [2.24, 2.45) is 0 Å². The van der Waals surface area contributed by atoms with E-state index in [1.807, 2.05) is 0 Å². The first-order valence-electron chi connectivity index (χ1n) is 8.99. The second-order valence-electron chi connectivity index (χ2n) is 6.14. The van der Waals surface area contributed by atoms with Crippen LogP contribution in [0.3, 0.4) is 0 Å². The molecule has 0 rings (SSSR count). The lowest BCUT2D eigenvalue weighted by Gasteiger charge is -2.12. The molecule has 0 saturated carbocycles.